The number of anilines is 2. The van der Waals surface area contributed by atoms with Crippen LogP contribution in [0.4, 0.5) is 11.5 Å². The summed E-state index contributed by atoms with van der Waals surface area (Å²) in [6, 6.07) is 5.91. The molecule has 0 amide bonds. The van der Waals surface area contributed by atoms with Gasteiger partial charge in [0, 0.05) is 0 Å². The zero-order chi connectivity index (χ0) is 12.4. The Kier molecular flexibility index (Phi) is 3.04. The molecule has 3 N–H and O–H groups in total. The minimum atomic E-state index is 0.0820. The van der Waals surface area contributed by atoms with Crippen molar-refractivity contribution >= 4 is 11.5 Å². The Labute approximate surface area is 101 Å². The van der Waals surface area contributed by atoms with E-state index in [4.69, 9.17) is 10.2 Å². The average Bonchev–Trinajstić information content (AvgIpc) is 2.69. The molecule has 0 aliphatic rings. The van der Waals surface area contributed by atoms with Crippen molar-refractivity contribution in [2.75, 3.05) is 11.1 Å². The van der Waals surface area contributed by atoms with Crippen LogP contribution in [0.3, 0.4) is 0 Å². The molecule has 0 fully saturated rings. The number of furan rings is 1. The van der Waals surface area contributed by atoms with E-state index in [9.17, 15) is 0 Å². The number of nitrogens with one attached hydrogen (secondary N) is 1. The molecule has 1 unspecified atom stereocenters. The SMILES string of the molecule is Cc1ccc(C(C)Nc2ncc(N)cc2C)o1. The minimum Gasteiger partial charge on any atom is -0.464 e. The molecule has 4 nitrogen and oxygen atoms in total. The lowest BCUT2D eigenvalue weighted by atomic mass is 10.2. The van der Waals surface area contributed by atoms with Gasteiger partial charge in [0.15, 0.2) is 0 Å². The average molecular weight is 231 g/mol. The largest absolute Gasteiger partial charge is 0.464 e. The van der Waals surface area contributed by atoms with Crippen LogP contribution in [0.5, 0.6) is 0 Å². The molecule has 4 heteroatoms. The molecule has 2 aromatic heterocycles. The molecular weight excluding hydrogens is 214 g/mol. The van der Waals surface area contributed by atoms with Crippen LogP contribution < -0.4 is 11.1 Å². The summed E-state index contributed by atoms with van der Waals surface area (Å²) in [6.07, 6.45) is 1.65. The first kappa shape index (κ1) is 11.5. The molecule has 90 valence electrons. The van der Waals surface area contributed by atoms with Crippen molar-refractivity contribution < 1.29 is 4.42 Å². The third-order valence-electron chi connectivity index (χ3n) is 2.64. The highest BCUT2D eigenvalue weighted by Gasteiger charge is 2.11. The number of hydrogen-bond donors (Lipinski definition) is 2. The number of aryl methyl sites for hydroxylation is 2. The van der Waals surface area contributed by atoms with Crippen molar-refractivity contribution in [3.63, 3.8) is 0 Å². The fourth-order valence-electron chi connectivity index (χ4n) is 1.71. The lowest BCUT2D eigenvalue weighted by Gasteiger charge is -2.14. The third kappa shape index (κ3) is 2.58. The van der Waals surface area contributed by atoms with Gasteiger partial charge in [0.1, 0.15) is 17.3 Å². The Balaban J connectivity index is 2.15. The summed E-state index contributed by atoms with van der Waals surface area (Å²) in [4.78, 5) is 4.27. The van der Waals surface area contributed by atoms with Crippen LogP contribution >= 0.6 is 0 Å². The Hall–Kier alpha value is -1.97. The highest BCUT2D eigenvalue weighted by Crippen LogP contribution is 2.22. The first-order valence-electron chi connectivity index (χ1n) is 5.61. The van der Waals surface area contributed by atoms with E-state index in [1.54, 1.807) is 6.20 Å². The Morgan fingerprint density at radius 3 is 2.71 bits per heavy atom. The number of pyridine rings is 1. The van der Waals surface area contributed by atoms with Crippen LogP contribution in [-0.2, 0) is 0 Å². The molecule has 0 bridgehead atoms. The number of nitrogens with zero attached hydrogens (tertiary/aromatic N) is 1. The maximum Gasteiger partial charge on any atom is 0.129 e. The predicted octanol–water partition coefficient (Wildman–Crippen LogP) is 3.05. The quantitative estimate of drug-likeness (QED) is 0.852. The summed E-state index contributed by atoms with van der Waals surface area (Å²) in [6.45, 7) is 5.95. The molecule has 0 aromatic carbocycles. The van der Waals surface area contributed by atoms with Crippen molar-refractivity contribution in [2.45, 2.75) is 26.8 Å². The summed E-state index contributed by atoms with van der Waals surface area (Å²) < 4.78 is 5.57. The number of aromatic nitrogens is 1. The predicted molar refractivity (Wildman–Crippen MR) is 68.9 cm³/mol. The summed E-state index contributed by atoms with van der Waals surface area (Å²) >= 11 is 0. The smallest absolute Gasteiger partial charge is 0.129 e. The van der Waals surface area contributed by atoms with Crippen molar-refractivity contribution in [1.29, 1.82) is 0 Å². The maximum absolute atomic E-state index is 5.66. The molecule has 0 saturated carbocycles. The van der Waals surface area contributed by atoms with Crippen LogP contribution in [0.1, 0.15) is 30.0 Å². The zero-order valence-corrected chi connectivity index (χ0v) is 10.3. The summed E-state index contributed by atoms with van der Waals surface area (Å²) in [5.41, 5.74) is 7.37. The zero-order valence-electron chi connectivity index (χ0n) is 10.3. The van der Waals surface area contributed by atoms with E-state index in [0.717, 1.165) is 22.9 Å². The van der Waals surface area contributed by atoms with Gasteiger partial charge in [-0.25, -0.2) is 4.98 Å². The van der Waals surface area contributed by atoms with Crippen molar-refractivity contribution in [3.8, 4) is 0 Å². The van der Waals surface area contributed by atoms with Crippen molar-refractivity contribution in [1.82, 2.24) is 4.98 Å². The first-order chi connectivity index (χ1) is 8.06. The number of hydrogen-bond acceptors (Lipinski definition) is 4. The van der Waals surface area contributed by atoms with Gasteiger partial charge in [0.25, 0.3) is 0 Å². The van der Waals surface area contributed by atoms with Crippen molar-refractivity contribution in [2.24, 2.45) is 0 Å². The maximum atomic E-state index is 5.66. The first-order valence-corrected chi connectivity index (χ1v) is 5.61. The molecular formula is C13H17N3O. The second-order valence-electron chi connectivity index (χ2n) is 4.25. The number of nitrogens with two attached hydrogens (primary N) is 1. The van der Waals surface area contributed by atoms with Gasteiger partial charge in [0.2, 0.25) is 0 Å². The molecule has 2 rings (SSSR count). The van der Waals surface area contributed by atoms with Crippen LogP contribution in [-0.4, -0.2) is 4.98 Å². The molecule has 2 heterocycles. The summed E-state index contributed by atoms with van der Waals surface area (Å²) in [5, 5.41) is 3.31. The lowest BCUT2D eigenvalue weighted by Crippen LogP contribution is -2.08. The van der Waals surface area contributed by atoms with Gasteiger partial charge < -0.3 is 15.5 Å². The molecule has 0 radical (unpaired) electrons. The number of rotatable bonds is 3. The van der Waals surface area contributed by atoms with Gasteiger partial charge in [0.05, 0.1) is 17.9 Å². The molecule has 0 aliphatic heterocycles. The molecule has 0 spiro atoms. The van der Waals surface area contributed by atoms with E-state index < -0.39 is 0 Å². The Morgan fingerprint density at radius 2 is 2.12 bits per heavy atom. The van der Waals surface area contributed by atoms with Crippen LogP contribution in [0, 0.1) is 13.8 Å². The topological polar surface area (TPSA) is 64.1 Å². The summed E-state index contributed by atoms with van der Waals surface area (Å²) in [5.74, 6) is 2.65. The monoisotopic (exact) mass is 231 g/mol. The fraction of sp³-hybridized carbons (Fsp3) is 0.308. The van der Waals surface area contributed by atoms with Crippen LogP contribution in [0.25, 0.3) is 0 Å². The minimum absolute atomic E-state index is 0.0820. The molecule has 2 aromatic rings. The van der Waals surface area contributed by atoms with E-state index in [1.165, 1.54) is 0 Å². The van der Waals surface area contributed by atoms with E-state index in [-0.39, 0.29) is 6.04 Å². The molecule has 0 aliphatic carbocycles. The van der Waals surface area contributed by atoms with E-state index in [2.05, 4.69) is 10.3 Å². The fourth-order valence-corrected chi connectivity index (χ4v) is 1.71. The highest BCUT2D eigenvalue weighted by atomic mass is 16.3. The van der Waals surface area contributed by atoms with Gasteiger partial charge in [-0.15, -0.1) is 0 Å². The third-order valence-corrected chi connectivity index (χ3v) is 2.64. The standard InChI is InChI=1S/C13H17N3O/c1-8-6-11(14)7-15-13(8)16-10(3)12-5-4-9(2)17-12/h4-7,10H,14H2,1-3H3,(H,15,16). The van der Waals surface area contributed by atoms with Gasteiger partial charge in [-0.1, -0.05) is 0 Å². The molecule has 17 heavy (non-hydrogen) atoms. The van der Waals surface area contributed by atoms with Gasteiger partial charge in [-0.3, -0.25) is 0 Å². The van der Waals surface area contributed by atoms with Crippen LogP contribution in [0.2, 0.25) is 0 Å². The van der Waals surface area contributed by atoms with Gasteiger partial charge >= 0.3 is 0 Å². The van der Waals surface area contributed by atoms with E-state index in [1.807, 2.05) is 39.0 Å². The summed E-state index contributed by atoms with van der Waals surface area (Å²) in [7, 11) is 0. The Bertz CT molecular complexity index is 519. The van der Waals surface area contributed by atoms with E-state index >= 15 is 0 Å². The van der Waals surface area contributed by atoms with E-state index in [0.29, 0.717) is 5.69 Å². The van der Waals surface area contributed by atoms with Crippen LogP contribution in [0.15, 0.2) is 28.8 Å². The second kappa shape index (κ2) is 4.49. The van der Waals surface area contributed by atoms with Crippen molar-refractivity contribution in [3.05, 3.63) is 41.5 Å². The molecule has 0 saturated heterocycles. The lowest BCUT2D eigenvalue weighted by molar-refractivity contribution is 0.466. The second-order valence-corrected chi connectivity index (χ2v) is 4.25. The normalized spacial score (nSPS) is 12.4. The highest BCUT2D eigenvalue weighted by molar-refractivity contribution is 5.51. The van der Waals surface area contributed by atoms with Gasteiger partial charge in [-0.05, 0) is 44.5 Å². The molecule has 1 atom stereocenters. The van der Waals surface area contributed by atoms with Gasteiger partial charge in [-0.2, -0.15) is 0 Å². The number of nitrogen functional groups attached to an aromatic ring is 1. The Morgan fingerprint density at radius 1 is 1.35 bits per heavy atom.